The van der Waals surface area contributed by atoms with Gasteiger partial charge in [0, 0.05) is 6.04 Å². The number of carboxylic acid groups (broad SMARTS) is 1. The highest BCUT2D eigenvalue weighted by molar-refractivity contribution is 5.73. The van der Waals surface area contributed by atoms with Gasteiger partial charge in [-0.1, -0.05) is 12.1 Å². The molecule has 6 heteroatoms. The number of alkyl halides is 3. The minimum absolute atomic E-state index is 0.00147. The second-order valence-electron chi connectivity index (χ2n) is 5.08. The van der Waals surface area contributed by atoms with Crippen molar-refractivity contribution in [1.29, 1.82) is 0 Å². The van der Waals surface area contributed by atoms with Crippen LogP contribution in [0.3, 0.4) is 0 Å². The molecule has 3 nitrogen and oxygen atoms in total. The Morgan fingerprint density at radius 2 is 1.90 bits per heavy atom. The van der Waals surface area contributed by atoms with Crippen LogP contribution in [0.25, 0.3) is 0 Å². The molecule has 0 radical (unpaired) electrons. The summed E-state index contributed by atoms with van der Waals surface area (Å²) in [6.07, 6.45) is -1.53. The number of rotatable bonds is 3. The molecule has 0 aliphatic carbocycles. The van der Waals surface area contributed by atoms with Gasteiger partial charge in [-0.15, -0.1) is 0 Å². The Balaban J connectivity index is 1.98. The smallest absolute Gasteiger partial charge is 0.416 e. The Bertz CT molecular complexity index is 470. The lowest BCUT2D eigenvalue weighted by atomic mass is 9.93. The molecule has 1 fully saturated rings. The lowest BCUT2D eigenvalue weighted by Gasteiger charge is -2.28. The summed E-state index contributed by atoms with van der Waals surface area (Å²) >= 11 is 0. The molecular weight excluding hydrogens is 271 g/mol. The summed E-state index contributed by atoms with van der Waals surface area (Å²) in [6, 6.07) is 4.48. The van der Waals surface area contributed by atoms with Gasteiger partial charge in [-0.2, -0.15) is 13.2 Å². The van der Waals surface area contributed by atoms with E-state index in [1.807, 2.05) is 0 Å². The fourth-order valence-corrected chi connectivity index (χ4v) is 2.49. The minimum atomic E-state index is -4.32. The fourth-order valence-electron chi connectivity index (χ4n) is 2.49. The van der Waals surface area contributed by atoms with Crippen LogP contribution >= 0.6 is 0 Å². The minimum Gasteiger partial charge on any atom is -0.480 e. The average molecular weight is 287 g/mol. The molecule has 1 aliphatic rings. The first kappa shape index (κ1) is 14.8. The third-order valence-corrected chi connectivity index (χ3v) is 3.54. The Morgan fingerprint density at radius 1 is 1.25 bits per heavy atom. The number of piperidine rings is 1. The molecule has 20 heavy (non-hydrogen) atoms. The van der Waals surface area contributed by atoms with E-state index in [2.05, 4.69) is 5.32 Å². The second-order valence-corrected chi connectivity index (χ2v) is 5.08. The number of hydrogen-bond acceptors (Lipinski definition) is 2. The Labute approximate surface area is 114 Å². The van der Waals surface area contributed by atoms with Crippen molar-refractivity contribution in [3.8, 4) is 0 Å². The molecule has 1 heterocycles. The van der Waals surface area contributed by atoms with Crippen LogP contribution in [0.15, 0.2) is 24.3 Å². The highest BCUT2D eigenvalue weighted by atomic mass is 19.4. The molecule has 2 unspecified atom stereocenters. The van der Waals surface area contributed by atoms with Crippen LogP contribution in [0.1, 0.15) is 30.4 Å². The Morgan fingerprint density at radius 3 is 2.45 bits per heavy atom. The molecule has 2 rings (SSSR count). The summed E-state index contributed by atoms with van der Waals surface area (Å²) in [5.41, 5.74) is 0.114. The van der Waals surface area contributed by atoms with Crippen molar-refractivity contribution in [2.75, 3.05) is 0 Å². The van der Waals surface area contributed by atoms with Gasteiger partial charge in [0.1, 0.15) is 6.04 Å². The van der Waals surface area contributed by atoms with Crippen LogP contribution in [-0.4, -0.2) is 23.2 Å². The van der Waals surface area contributed by atoms with Crippen LogP contribution in [0.5, 0.6) is 0 Å². The molecule has 0 bridgehead atoms. The van der Waals surface area contributed by atoms with Gasteiger partial charge in [0.2, 0.25) is 0 Å². The largest absolute Gasteiger partial charge is 0.480 e. The quantitative estimate of drug-likeness (QED) is 0.898. The van der Waals surface area contributed by atoms with Crippen LogP contribution < -0.4 is 5.32 Å². The Kier molecular flexibility index (Phi) is 4.32. The van der Waals surface area contributed by atoms with E-state index in [-0.39, 0.29) is 6.04 Å². The number of carboxylic acids is 1. The normalized spacial score (nSPS) is 23.6. The van der Waals surface area contributed by atoms with Crippen molar-refractivity contribution in [3.63, 3.8) is 0 Å². The van der Waals surface area contributed by atoms with Gasteiger partial charge >= 0.3 is 12.1 Å². The van der Waals surface area contributed by atoms with E-state index in [9.17, 15) is 18.0 Å². The van der Waals surface area contributed by atoms with Crippen LogP contribution in [-0.2, 0) is 17.4 Å². The van der Waals surface area contributed by atoms with E-state index in [1.165, 1.54) is 12.1 Å². The van der Waals surface area contributed by atoms with Gasteiger partial charge in [-0.3, -0.25) is 4.79 Å². The van der Waals surface area contributed by atoms with Gasteiger partial charge in [-0.05, 0) is 43.4 Å². The SMILES string of the molecule is O=C(O)C1CCCC(Cc2ccc(C(F)(F)F)cc2)N1. The zero-order valence-corrected chi connectivity index (χ0v) is 10.8. The van der Waals surface area contributed by atoms with Gasteiger partial charge < -0.3 is 10.4 Å². The maximum Gasteiger partial charge on any atom is 0.416 e. The average Bonchev–Trinajstić information content (AvgIpc) is 2.38. The number of nitrogens with one attached hydrogen (secondary N) is 1. The van der Waals surface area contributed by atoms with Crippen molar-refractivity contribution in [2.45, 2.75) is 43.9 Å². The van der Waals surface area contributed by atoms with Crippen molar-refractivity contribution in [1.82, 2.24) is 5.32 Å². The van der Waals surface area contributed by atoms with E-state index in [4.69, 9.17) is 5.11 Å². The van der Waals surface area contributed by atoms with Gasteiger partial charge in [0.25, 0.3) is 0 Å². The lowest BCUT2D eigenvalue weighted by Crippen LogP contribution is -2.47. The fraction of sp³-hybridized carbons (Fsp3) is 0.500. The predicted octanol–water partition coefficient (Wildman–Crippen LogP) is 2.84. The summed E-state index contributed by atoms with van der Waals surface area (Å²) in [5.74, 6) is -0.873. The molecule has 0 aromatic heterocycles. The first-order valence-electron chi connectivity index (χ1n) is 6.51. The molecule has 0 spiro atoms. The van der Waals surface area contributed by atoms with E-state index < -0.39 is 23.8 Å². The van der Waals surface area contributed by atoms with E-state index >= 15 is 0 Å². The molecule has 2 atom stereocenters. The summed E-state index contributed by atoms with van der Waals surface area (Å²) in [7, 11) is 0. The molecule has 2 N–H and O–H groups in total. The van der Waals surface area contributed by atoms with Gasteiger partial charge in [0.15, 0.2) is 0 Å². The molecular formula is C14H16F3NO2. The highest BCUT2D eigenvalue weighted by Gasteiger charge is 2.30. The topological polar surface area (TPSA) is 49.3 Å². The number of hydrogen-bond donors (Lipinski definition) is 2. The van der Waals surface area contributed by atoms with Crippen LogP contribution in [0, 0.1) is 0 Å². The first-order valence-corrected chi connectivity index (χ1v) is 6.51. The molecule has 1 aliphatic heterocycles. The van der Waals surface area contributed by atoms with Crippen LogP contribution in [0.2, 0.25) is 0 Å². The summed E-state index contributed by atoms with van der Waals surface area (Å²) in [4.78, 5) is 10.9. The third-order valence-electron chi connectivity index (χ3n) is 3.54. The molecule has 1 aromatic rings. The number of carbonyl (C=O) groups is 1. The maximum atomic E-state index is 12.4. The number of aliphatic carboxylic acids is 1. The Hall–Kier alpha value is -1.56. The van der Waals surface area contributed by atoms with E-state index in [1.54, 1.807) is 0 Å². The van der Waals surface area contributed by atoms with Crippen molar-refractivity contribution in [2.24, 2.45) is 0 Å². The standard InChI is InChI=1S/C14H16F3NO2/c15-14(16,17)10-6-4-9(5-7-10)8-11-2-1-3-12(18-11)13(19)20/h4-7,11-12,18H,1-3,8H2,(H,19,20). The maximum absolute atomic E-state index is 12.4. The van der Waals surface area contributed by atoms with E-state index in [0.29, 0.717) is 12.8 Å². The summed E-state index contributed by atoms with van der Waals surface area (Å²) in [5, 5.41) is 12.0. The van der Waals surface area contributed by atoms with Crippen molar-refractivity contribution < 1.29 is 23.1 Å². The van der Waals surface area contributed by atoms with Gasteiger partial charge in [0.05, 0.1) is 5.56 Å². The van der Waals surface area contributed by atoms with Crippen molar-refractivity contribution in [3.05, 3.63) is 35.4 Å². The third kappa shape index (κ3) is 3.72. The molecule has 1 aromatic carbocycles. The molecule has 110 valence electrons. The van der Waals surface area contributed by atoms with E-state index in [0.717, 1.165) is 30.5 Å². The molecule has 0 saturated carbocycles. The number of halogens is 3. The molecule has 0 amide bonds. The van der Waals surface area contributed by atoms with Crippen molar-refractivity contribution >= 4 is 5.97 Å². The first-order chi connectivity index (χ1) is 9.36. The number of benzene rings is 1. The lowest BCUT2D eigenvalue weighted by molar-refractivity contribution is -0.140. The monoisotopic (exact) mass is 287 g/mol. The summed E-state index contributed by atoms with van der Waals surface area (Å²) in [6.45, 7) is 0. The van der Waals surface area contributed by atoms with Crippen LogP contribution in [0.4, 0.5) is 13.2 Å². The molecule has 1 saturated heterocycles. The predicted molar refractivity (Wildman–Crippen MR) is 67.3 cm³/mol. The van der Waals surface area contributed by atoms with Gasteiger partial charge in [-0.25, -0.2) is 0 Å². The highest BCUT2D eigenvalue weighted by Crippen LogP contribution is 2.29. The zero-order valence-electron chi connectivity index (χ0n) is 10.8. The summed E-state index contributed by atoms with van der Waals surface area (Å²) < 4.78 is 37.3. The second kappa shape index (κ2) is 5.83. The zero-order chi connectivity index (χ0) is 14.8.